The van der Waals surface area contributed by atoms with Crippen LogP contribution >= 0.6 is 0 Å². The molecule has 4 heteroatoms. The third kappa shape index (κ3) is 2.87. The molecule has 0 saturated carbocycles. The van der Waals surface area contributed by atoms with Crippen LogP contribution in [0.4, 0.5) is 8.78 Å². The van der Waals surface area contributed by atoms with Crippen LogP contribution < -0.4 is 5.73 Å². The zero-order chi connectivity index (χ0) is 13.1. The van der Waals surface area contributed by atoms with E-state index in [0.29, 0.717) is 24.6 Å². The third-order valence-corrected chi connectivity index (χ3v) is 3.85. The van der Waals surface area contributed by atoms with Gasteiger partial charge in [0, 0.05) is 24.7 Å². The summed E-state index contributed by atoms with van der Waals surface area (Å²) >= 11 is 0. The Bertz CT molecular complexity index is 409. The molecular formula is C14H20F2N2. The first kappa shape index (κ1) is 13.4. The van der Waals surface area contributed by atoms with Gasteiger partial charge in [-0.15, -0.1) is 0 Å². The number of hydrogen-bond acceptors (Lipinski definition) is 2. The zero-order valence-corrected chi connectivity index (χ0v) is 10.7. The number of likely N-dealkylation sites (tertiary alicyclic amines) is 1. The lowest BCUT2D eigenvalue weighted by Gasteiger charge is -2.39. The second-order valence-electron chi connectivity index (χ2n) is 5.13. The van der Waals surface area contributed by atoms with Gasteiger partial charge in [0.15, 0.2) is 0 Å². The van der Waals surface area contributed by atoms with Gasteiger partial charge in [-0.1, -0.05) is 6.92 Å². The molecule has 1 fully saturated rings. The molecule has 0 spiro atoms. The van der Waals surface area contributed by atoms with E-state index in [0.717, 1.165) is 25.5 Å². The van der Waals surface area contributed by atoms with E-state index in [2.05, 4.69) is 11.8 Å². The highest BCUT2D eigenvalue weighted by Gasteiger charge is 2.27. The van der Waals surface area contributed by atoms with E-state index in [-0.39, 0.29) is 17.7 Å². The van der Waals surface area contributed by atoms with Crippen LogP contribution in [0.15, 0.2) is 18.2 Å². The van der Waals surface area contributed by atoms with Crippen molar-refractivity contribution in [3.8, 4) is 0 Å². The summed E-state index contributed by atoms with van der Waals surface area (Å²) in [6.07, 6.45) is 2.25. The minimum absolute atomic E-state index is 0.265. The minimum Gasteiger partial charge on any atom is -0.329 e. The summed E-state index contributed by atoms with van der Waals surface area (Å²) in [4.78, 5) is 2.17. The van der Waals surface area contributed by atoms with Gasteiger partial charge in [0.05, 0.1) is 0 Å². The van der Waals surface area contributed by atoms with Crippen LogP contribution in [0.1, 0.15) is 25.3 Å². The molecule has 2 nitrogen and oxygen atoms in total. The predicted molar refractivity (Wildman–Crippen MR) is 68.0 cm³/mol. The number of benzene rings is 1. The summed E-state index contributed by atoms with van der Waals surface area (Å²) in [5, 5.41) is 0. The lowest BCUT2D eigenvalue weighted by atomic mass is 9.90. The van der Waals surface area contributed by atoms with E-state index in [9.17, 15) is 8.78 Å². The molecule has 0 aliphatic carbocycles. The van der Waals surface area contributed by atoms with Gasteiger partial charge < -0.3 is 5.73 Å². The summed E-state index contributed by atoms with van der Waals surface area (Å²) in [6, 6.07) is 3.89. The Labute approximate surface area is 107 Å². The van der Waals surface area contributed by atoms with Crippen LogP contribution in [0.2, 0.25) is 0 Å². The number of rotatable bonds is 3. The Morgan fingerprint density at radius 1 is 1.39 bits per heavy atom. The van der Waals surface area contributed by atoms with Crippen molar-refractivity contribution in [2.24, 2.45) is 11.7 Å². The Morgan fingerprint density at radius 2 is 2.17 bits per heavy atom. The van der Waals surface area contributed by atoms with E-state index in [1.807, 2.05) is 0 Å². The van der Waals surface area contributed by atoms with Crippen molar-refractivity contribution in [1.82, 2.24) is 4.90 Å². The van der Waals surface area contributed by atoms with E-state index >= 15 is 0 Å². The second kappa shape index (κ2) is 5.76. The van der Waals surface area contributed by atoms with Crippen molar-refractivity contribution < 1.29 is 8.78 Å². The molecule has 1 aliphatic rings. The summed E-state index contributed by atoms with van der Waals surface area (Å²) in [7, 11) is 0. The molecule has 0 bridgehead atoms. The number of halogens is 2. The predicted octanol–water partition coefficient (Wildman–Crippen LogP) is 2.52. The fourth-order valence-corrected chi connectivity index (χ4v) is 2.80. The lowest BCUT2D eigenvalue weighted by Crippen LogP contribution is -2.48. The third-order valence-electron chi connectivity index (χ3n) is 3.85. The highest BCUT2D eigenvalue weighted by atomic mass is 19.1. The molecule has 2 unspecified atom stereocenters. The molecular weight excluding hydrogens is 234 g/mol. The summed E-state index contributed by atoms with van der Waals surface area (Å²) in [5.41, 5.74) is 6.22. The van der Waals surface area contributed by atoms with E-state index in [1.54, 1.807) is 0 Å². The highest BCUT2D eigenvalue weighted by Crippen LogP contribution is 2.25. The molecule has 2 rings (SSSR count). The van der Waals surface area contributed by atoms with Gasteiger partial charge in [-0.2, -0.15) is 0 Å². The van der Waals surface area contributed by atoms with Gasteiger partial charge in [0.25, 0.3) is 0 Å². The molecule has 1 aromatic carbocycles. The first-order valence-electron chi connectivity index (χ1n) is 6.50. The van der Waals surface area contributed by atoms with Crippen molar-refractivity contribution in [3.63, 3.8) is 0 Å². The molecule has 0 amide bonds. The van der Waals surface area contributed by atoms with Gasteiger partial charge in [-0.05, 0) is 43.5 Å². The van der Waals surface area contributed by atoms with Crippen molar-refractivity contribution in [2.75, 3.05) is 13.1 Å². The maximum atomic E-state index is 13.6. The summed E-state index contributed by atoms with van der Waals surface area (Å²) in [5.74, 6) is -0.216. The fraction of sp³-hybridized carbons (Fsp3) is 0.571. The maximum Gasteiger partial charge on any atom is 0.127 e. The quantitative estimate of drug-likeness (QED) is 0.898. The molecule has 2 N–H and O–H groups in total. The van der Waals surface area contributed by atoms with Crippen LogP contribution in [0.5, 0.6) is 0 Å². The van der Waals surface area contributed by atoms with Gasteiger partial charge >= 0.3 is 0 Å². The molecule has 2 atom stereocenters. The number of nitrogens with two attached hydrogens (primary N) is 1. The SMILES string of the molecule is CC1CCCN(Cc2cc(F)ccc2F)C1CN. The molecule has 100 valence electrons. The monoisotopic (exact) mass is 254 g/mol. The second-order valence-corrected chi connectivity index (χ2v) is 5.13. The van der Waals surface area contributed by atoms with E-state index in [4.69, 9.17) is 5.73 Å². The topological polar surface area (TPSA) is 29.3 Å². The summed E-state index contributed by atoms with van der Waals surface area (Å²) < 4.78 is 26.8. The molecule has 1 heterocycles. The van der Waals surface area contributed by atoms with Crippen LogP contribution in [-0.2, 0) is 6.54 Å². The average Bonchev–Trinajstić information content (AvgIpc) is 2.34. The molecule has 0 aromatic heterocycles. The Morgan fingerprint density at radius 3 is 2.89 bits per heavy atom. The van der Waals surface area contributed by atoms with E-state index < -0.39 is 0 Å². The van der Waals surface area contributed by atoms with Crippen molar-refractivity contribution in [2.45, 2.75) is 32.4 Å². The van der Waals surface area contributed by atoms with Crippen molar-refractivity contribution >= 4 is 0 Å². The highest BCUT2D eigenvalue weighted by molar-refractivity contribution is 5.18. The smallest absolute Gasteiger partial charge is 0.127 e. The van der Waals surface area contributed by atoms with Gasteiger partial charge in [-0.3, -0.25) is 4.90 Å². The molecule has 1 saturated heterocycles. The Hall–Kier alpha value is -1.00. The number of hydrogen-bond donors (Lipinski definition) is 1. The summed E-state index contributed by atoms with van der Waals surface area (Å²) in [6.45, 7) is 4.09. The molecule has 18 heavy (non-hydrogen) atoms. The lowest BCUT2D eigenvalue weighted by molar-refractivity contribution is 0.0978. The van der Waals surface area contributed by atoms with Gasteiger partial charge in [0.1, 0.15) is 11.6 Å². The zero-order valence-electron chi connectivity index (χ0n) is 10.7. The molecule has 1 aliphatic heterocycles. The number of piperidine rings is 1. The standard InChI is InChI=1S/C14H20F2N2/c1-10-3-2-6-18(14(10)8-17)9-11-7-12(15)4-5-13(11)16/h4-5,7,10,14H,2-3,6,8-9,17H2,1H3. The van der Waals surface area contributed by atoms with Crippen molar-refractivity contribution in [1.29, 1.82) is 0 Å². The van der Waals surface area contributed by atoms with Crippen LogP contribution in [0.25, 0.3) is 0 Å². The molecule has 0 radical (unpaired) electrons. The fourth-order valence-electron chi connectivity index (χ4n) is 2.80. The normalized spacial score (nSPS) is 25.3. The van der Waals surface area contributed by atoms with Gasteiger partial charge in [-0.25, -0.2) is 8.78 Å². The van der Waals surface area contributed by atoms with Crippen LogP contribution in [0, 0.1) is 17.6 Å². The molecule has 1 aromatic rings. The van der Waals surface area contributed by atoms with Gasteiger partial charge in [0.2, 0.25) is 0 Å². The largest absolute Gasteiger partial charge is 0.329 e. The van der Waals surface area contributed by atoms with Crippen LogP contribution in [0.3, 0.4) is 0 Å². The minimum atomic E-state index is -0.388. The average molecular weight is 254 g/mol. The maximum absolute atomic E-state index is 13.6. The Balaban J connectivity index is 2.14. The van der Waals surface area contributed by atoms with E-state index in [1.165, 1.54) is 12.1 Å². The first-order chi connectivity index (χ1) is 8.61. The van der Waals surface area contributed by atoms with Crippen molar-refractivity contribution in [3.05, 3.63) is 35.4 Å². The Kier molecular flexibility index (Phi) is 4.30. The first-order valence-corrected chi connectivity index (χ1v) is 6.50. The van der Waals surface area contributed by atoms with Crippen LogP contribution in [-0.4, -0.2) is 24.0 Å². The number of nitrogens with zero attached hydrogens (tertiary/aromatic N) is 1.